The lowest BCUT2D eigenvalue weighted by molar-refractivity contribution is 0.415. The van der Waals surface area contributed by atoms with E-state index in [-0.39, 0.29) is 24.0 Å². The Morgan fingerprint density at radius 3 is 2.91 bits per heavy atom. The smallest absolute Gasteiger partial charge is 0.193 e. The number of rotatable bonds is 6. The number of aliphatic imine (C=N–C) groups is 1. The van der Waals surface area contributed by atoms with E-state index in [2.05, 4.69) is 33.7 Å². The highest BCUT2D eigenvalue weighted by atomic mass is 127. The molecule has 126 valence electrons. The fraction of sp³-hybridized carbons (Fsp3) is 0.375. The van der Waals surface area contributed by atoms with E-state index in [0.29, 0.717) is 18.4 Å². The van der Waals surface area contributed by atoms with Crippen LogP contribution in [0.3, 0.4) is 0 Å². The number of methoxy groups -OCH3 is 1. The normalized spacial score (nSPS) is 11.2. The van der Waals surface area contributed by atoms with Crippen molar-refractivity contribution in [3.63, 3.8) is 0 Å². The van der Waals surface area contributed by atoms with Gasteiger partial charge in [0.15, 0.2) is 5.96 Å². The summed E-state index contributed by atoms with van der Waals surface area (Å²) in [7, 11) is 1.63. The minimum Gasteiger partial charge on any atom is -0.497 e. The summed E-state index contributed by atoms with van der Waals surface area (Å²) in [6, 6.07) is 7.54. The fourth-order valence-electron chi connectivity index (χ4n) is 2.10. The van der Waals surface area contributed by atoms with Gasteiger partial charge in [-0.3, -0.25) is 0 Å². The maximum absolute atomic E-state index is 5.93. The minimum atomic E-state index is 0. The van der Waals surface area contributed by atoms with Crippen LogP contribution in [-0.4, -0.2) is 22.6 Å². The second kappa shape index (κ2) is 9.39. The number of guanidine groups is 1. The van der Waals surface area contributed by atoms with E-state index in [4.69, 9.17) is 10.5 Å². The maximum Gasteiger partial charge on any atom is 0.193 e. The first-order valence-electron chi connectivity index (χ1n) is 7.29. The highest BCUT2D eigenvalue weighted by Gasteiger charge is 2.04. The van der Waals surface area contributed by atoms with Crippen molar-refractivity contribution in [1.29, 1.82) is 0 Å². The first kappa shape index (κ1) is 19.3. The standard InChI is InChI=1S/C16H23N5O.HI/c1-12(2)11-21-8-7-18-15(21)10-19-16(17)20-13-5-4-6-14(9-13)22-3;/h4-9,12H,10-11H2,1-3H3,(H3,17,19,20);1H. The van der Waals surface area contributed by atoms with Crippen molar-refractivity contribution in [3.8, 4) is 5.75 Å². The molecule has 2 aromatic rings. The third-order valence-electron chi connectivity index (χ3n) is 3.10. The first-order valence-corrected chi connectivity index (χ1v) is 7.29. The number of nitrogens with one attached hydrogen (secondary N) is 1. The zero-order chi connectivity index (χ0) is 15.9. The summed E-state index contributed by atoms with van der Waals surface area (Å²) in [4.78, 5) is 8.67. The molecule has 0 unspecified atom stereocenters. The van der Waals surface area contributed by atoms with Crippen LogP contribution in [0.15, 0.2) is 41.7 Å². The lowest BCUT2D eigenvalue weighted by Gasteiger charge is -2.10. The quantitative estimate of drug-likeness (QED) is 0.421. The van der Waals surface area contributed by atoms with E-state index in [1.165, 1.54) is 0 Å². The van der Waals surface area contributed by atoms with Crippen molar-refractivity contribution in [2.75, 3.05) is 12.4 Å². The number of hydrogen-bond donors (Lipinski definition) is 2. The van der Waals surface area contributed by atoms with Crippen molar-refractivity contribution in [2.45, 2.75) is 26.9 Å². The number of hydrogen-bond acceptors (Lipinski definition) is 3. The van der Waals surface area contributed by atoms with Crippen molar-refractivity contribution < 1.29 is 4.74 Å². The lowest BCUT2D eigenvalue weighted by atomic mass is 10.2. The molecule has 0 atom stereocenters. The number of nitrogens with two attached hydrogens (primary N) is 1. The summed E-state index contributed by atoms with van der Waals surface area (Å²) < 4.78 is 7.28. The van der Waals surface area contributed by atoms with E-state index in [1.807, 2.05) is 30.5 Å². The minimum absolute atomic E-state index is 0. The summed E-state index contributed by atoms with van der Waals surface area (Å²) in [5.74, 6) is 2.59. The van der Waals surface area contributed by atoms with E-state index < -0.39 is 0 Å². The predicted molar refractivity (Wildman–Crippen MR) is 104 cm³/mol. The number of imidazole rings is 1. The number of ether oxygens (including phenoxy) is 1. The van der Waals surface area contributed by atoms with E-state index in [1.54, 1.807) is 13.3 Å². The molecule has 6 nitrogen and oxygen atoms in total. The van der Waals surface area contributed by atoms with Gasteiger partial charge in [0.2, 0.25) is 0 Å². The second-order valence-electron chi connectivity index (χ2n) is 5.45. The number of aromatic nitrogens is 2. The summed E-state index contributed by atoms with van der Waals surface area (Å²) in [5.41, 5.74) is 6.77. The molecule has 1 aromatic heterocycles. The van der Waals surface area contributed by atoms with Gasteiger partial charge in [0, 0.05) is 30.7 Å². The molecule has 0 fully saturated rings. The average Bonchev–Trinajstić information content (AvgIpc) is 2.91. The van der Waals surface area contributed by atoms with Crippen LogP contribution in [0.25, 0.3) is 0 Å². The van der Waals surface area contributed by atoms with Gasteiger partial charge in [0.05, 0.1) is 7.11 Å². The fourth-order valence-corrected chi connectivity index (χ4v) is 2.10. The van der Waals surface area contributed by atoms with Gasteiger partial charge in [0.1, 0.15) is 18.1 Å². The highest BCUT2D eigenvalue weighted by Crippen LogP contribution is 2.16. The van der Waals surface area contributed by atoms with Gasteiger partial charge in [0.25, 0.3) is 0 Å². The molecule has 0 bridgehead atoms. The third kappa shape index (κ3) is 6.09. The topological polar surface area (TPSA) is 77.5 Å². The molecule has 1 aromatic carbocycles. The van der Waals surface area contributed by atoms with Crippen LogP contribution in [0.2, 0.25) is 0 Å². The molecule has 0 amide bonds. The number of nitrogens with zero attached hydrogens (tertiary/aromatic N) is 3. The molecule has 1 heterocycles. The third-order valence-corrected chi connectivity index (χ3v) is 3.10. The molecule has 0 aliphatic heterocycles. The van der Waals surface area contributed by atoms with Crippen molar-refractivity contribution in [2.24, 2.45) is 16.6 Å². The molecular weight excluding hydrogens is 405 g/mol. The van der Waals surface area contributed by atoms with Crippen LogP contribution < -0.4 is 15.8 Å². The maximum atomic E-state index is 5.93. The molecule has 3 N–H and O–H groups in total. The van der Waals surface area contributed by atoms with Crippen LogP contribution >= 0.6 is 24.0 Å². The highest BCUT2D eigenvalue weighted by molar-refractivity contribution is 14.0. The first-order chi connectivity index (χ1) is 10.6. The van der Waals surface area contributed by atoms with E-state index in [9.17, 15) is 0 Å². The summed E-state index contributed by atoms with van der Waals surface area (Å²) in [6.07, 6.45) is 3.76. The molecular formula is C16H24IN5O. The van der Waals surface area contributed by atoms with Gasteiger partial charge < -0.3 is 20.4 Å². The predicted octanol–water partition coefficient (Wildman–Crippen LogP) is 3.09. The van der Waals surface area contributed by atoms with Gasteiger partial charge in [-0.25, -0.2) is 9.98 Å². The molecule has 0 aliphatic carbocycles. The van der Waals surface area contributed by atoms with Gasteiger partial charge in [-0.1, -0.05) is 19.9 Å². The molecule has 7 heteroatoms. The summed E-state index contributed by atoms with van der Waals surface area (Å²) in [5, 5.41) is 3.05. The Balaban J connectivity index is 0.00000264. The number of halogens is 1. The number of anilines is 1. The molecule has 0 saturated carbocycles. The zero-order valence-electron chi connectivity index (χ0n) is 13.7. The summed E-state index contributed by atoms with van der Waals surface area (Å²) in [6.45, 7) is 5.72. The van der Waals surface area contributed by atoms with Gasteiger partial charge in [-0.15, -0.1) is 24.0 Å². The number of benzene rings is 1. The van der Waals surface area contributed by atoms with Crippen LogP contribution in [0.5, 0.6) is 5.75 Å². The largest absolute Gasteiger partial charge is 0.497 e. The Hall–Kier alpha value is -1.77. The Morgan fingerprint density at radius 2 is 2.22 bits per heavy atom. The monoisotopic (exact) mass is 429 g/mol. The molecule has 0 spiro atoms. The van der Waals surface area contributed by atoms with Gasteiger partial charge in [-0.05, 0) is 18.1 Å². The van der Waals surface area contributed by atoms with Crippen molar-refractivity contribution in [3.05, 3.63) is 42.5 Å². The van der Waals surface area contributed by atoms with Crippen LogP contribution in [0, 0.1) is 5.92 Å². The SMILES string of the molecule is COc1cccc(NC(N)=NCc2nccn2CC(C)C)c1.I. The van der Waals surface area contributed by atoms with Crippen LogP contribution in [0.4, 0.5) is 5.69 Å². The van der Waals surface area contributed by atoms with Crippen LogP contribution in [0.1, 0.15) is 19.7 Å². The Labute approximate surface area is 154 Å². The Kier molecular flexibility index (Phi) is 7.87. The van der Waals surface area contributed by atoms with E-state index in [0.717, 1.165) is 23.8 Å². The molecule has 0 saturated heterocycles. The molecule has 0 radical (unpaired) electrons. The second-order valence-corrected chi connectivity index (χ2v) is 5.45. The van der Waals surface area contributed by atoms with E-state index >= 15 is 0 Å². The van der Waals surface area contributed by atoms with Gasteiger partial charge >= 0.3 is 0 Å². The lowest BCUT2D eigenvalue weighted by Crippen LogP contribution is -2.23. The average molecular weight is 429 g/mol. The summed E-state index contributed by atoms with van der Waals surface area (Å²) >= 11 is 0. The van der Waals surface area contributed by atoms with Crippen molar-refractivity contribution >= 4 is 35.6 Å². The van der Waals surface area contributed by atoms with Gasteiger partial charge in [-0.2, -0.15) is 0 Å². The molecule has 0 aliphatic rings. The zero-order valence-corrected chi connectivity index (χ0v) is 16.0. The Morgan fingerprint density at radius 1 is 1.43 bits per heavy atom. The molecule has 2 rings (SSSR count). The van der Waals surface area contributed by atoms with Crippen molar-refractivity contribution in [1.82, 2.24) is 9.55 Å². The molecule has 23 heavy (non-hydrogen) atoms. The Bertz CT molecular complexity index is 639. The van der Waals surface area contributed by atoms with Crippen LogP contribution in [-0.2, 0) is 13.1 Å².